The van der Waals surface area contributed by atoms with Crippen molar-refractivity contribution in [3.63, 3.8) is 0 Å². The Bertz CT molecular complexity index is 514. The lowest BCUT2D eigenvalue weighted by Gasteiger charge is -2.15. The second-order valence-electron chi connectivity index (χ2n) is 5.88. The average molecular weight is 256 g/mol. The number of rotatable bonds is 6. The van der Waals surface area contributed by atoms with Crippen molar-refractivity contribution in [2.24, 2.45) is 11.8 Å². The molecule has 0 saturated carbocycles. The minimum Gasteiger partial charge on any atom is -0.316 e. The van der Waals surface area contributed by atoms with Crippen molar-refractivity contribution >= 4 is 10.8 Å². The molecular formula is C17H24N2. The third-order valence-corrected chi connectivity index (χ3v) is 3.36. The van der Waals surface area contributed by atoms with Crippen LogP contribution in [0, 0.1) is 11.8 Å². The van der Waals surface area contributed by atoms with E-state index in [1.807, 2.05) is 12.4 Å². The van der Waals surface area contributed by atoms with Gasteiger partial charge >= 0.3 is 0 Å². The maximum Gasteiger partial charge on any atom is 0.0346 e. The molecule has 0 spiro atoms. The van der Waals surface area contributed by atoms with E-state index in [2.05, 4.69) is 55.3 Å². The monoisotopic (exact) mass is 256 g/mol. The van der Waals surface area contributed by atoms with Crippen molar-refractivity contribution in [2.75, 3.05) is 13.1 Å². The first kappa shape index (κ1) is 14.0. The van der Waals surface area contributed by atoms with Gasteiger partial charge in [-0.3, -0.25) is 4.98 Å². The normalized spacial score (nSPS) is 13.1. The summed E-state index contributed by atoms with van der Waals surface area (Å²) in [7, 11) is 0. The van der Waals surface area contributed by atoms with Gasteiger partial charge in [0.05, 0.1) is 0 Å². The van der Waals surface area contributed by atoms with Crippen LogP contribution < -0.4 is 5.32 Å². The van der Waals surface area contributed by atoms with E-state index >= 15 is 0 Å². The van der Waals surface area contributed by atoms with Crippen molar-refractivity contribution < 1.29 is 0 Å². The van der Waals surface area contributed by atoms with Gasteiger partial charge in [0.1, 0.15) is 0 Å². The van der Waals surface area contributed by atoms with E-state index in [1.165, 1.54) is 16.3 Å². The molecule has 1 atom stereocenters. The van der Waals surface area contributed by atoms with Crippen LogP contribution in [-0.4, -0.2) is 18.1 Å². The highest BCUT2D eigenvalue weighted by Gasteiger charge is 2.07. The molecule has 1 aromatic heterocycles. The Balaban J connectivity index is 2.00. The molecule has 0 aliphatic rings. The number of nitrogens with zero attached hydrogens (tertiary/aromatic N) is 1. The highest BCUT2D eigenvalue weighted by Crippen LogP contribution is 2.19. The number of hydrogen-bond acceptors (Lipinski definition) is 2. The van der Waals surface area contributed by atoms with Gasteiger partial charge in [-0.15, -0.1) is 0 Å². The smallest absolute Gasteiger partial charge is 0.0346 e. The molecule has 2 rings (SSSR count). The van der Waals surface area contributed by atoms with E-state index in [-0.39, 0.29) is 0 Å². The molecule has 2 aromatic rings. The predicted molar refractivity (Wildman–Crippen MR) is 82.3 cm³/mol. The van der Waals surface area contributed by atoms with E-state index in [1.54, 1.807) is 0 Å². The molecule has 0 radical (unpaired) electrons. The summed E-state index contributed by atoms with van der Waals surface area (Å²) in [5, 5.41) is 6.11. The van der Waals surface area contributed by atoms with Gasteiger partial charge in [0.15, 0.2) is 0 Å². The standard InChI is InChI=1S/C17H24N2/c1-13(2)9-18-10-14(3)8-16-12-19-11-15-6-4-5-7-17(15)16/h4-7,11-14,18H,8-10H2,1-3H3. The van der Waals surface area contributed by atoms with Crippen molar-refractivity contribution in [3.05, 3.63) is 42.2 Å². The zero-order valence-electron chi connectivity index (χ0n) is 12.2. The number of fused-ring (bicyclic) bond motifs is 1. The Morgan fingerprint density at radius 1 is 1.05 bits per heavy atom. The molecule has 1 heterocycles. The topological polar surface area (TPSA) is 24.9 Å². The predicted octanol–water partition coefficient (Wildman–Crippen LogP) is 3.66. The molecule has 0 amide bonds. The number of aromatic nitrogens is 1. The lowest BCUT2D eigenvalue weighted by Crippen LogP contribution is -2.26. The second kappa shape index (κ2) is 6.67. The van der Waals surface area contributed by atoms with Gasteiger partial charge in [0.25, 0.3) is 0 Å². The lowest BCUT2D eigenvalue weighted by atomic mass is 9.98. The van der Waals surface area contributed by atoms with Crippen molar-refractivity contribution in [2.45, 2.75) is 27.2 Å². The molecule has 2 heteroatoms. The molecule has 102 valence electrons. The van der Waals surface area contributed by atoms with E-state index in [0.29, 0.717) is 11.8 Å². The van der Waals surface area contributed by atoms with Crippen LogP contribution in [0.2, 0.25) is 0 Å². The maximum absolute atomic E-state index is 4.35. The van der Waals surface area contributed by atoms with Gasteiger partial charge in [0, 0.05) is 17.8 Å². The van der Waals surface area contributed by atoms with Gasteiger partial charge in [0.2, 0.25) is 0 Å². The first-order valence-corrected chi connectivity index (χ1v) is 7.19. The fourth-order valence-corrected chi connectivity index (χ4v) is 2.41. The van der Waals surface area contributed by atoms with Crippen LogP contribution in [0.3, 0.4) is 0 Å². The van der Waals surface area contributed by atoms with Gasteiger partial charge < -0.3 is 5.32 Å². The first-order chi connectivity index (χ1) is 9.16. The first-order valence-electron chi connectivity index (χ1n) is 7.19. The van der Waals surface area contributed by atoms with Gasteiger partial charge in [-0.25, -0.2) is 0 Å². The zero-order chi connectivity index (χ0) is 13.7. The number of hydrogen-bond donors (Lipinski definition) is 1. The molecular weight excluding hydrogens is 232 g/mol. The number of pyridine rings is 1. The summed E-state index contributed by atoms with van der Waals surface area (Å²) in [6.07, 6.45) is 5.04. The molecule has 1 unspecified atom stereocenters. The largest absolute Gasteiger partial charge is 0.316 e. The molecule has 0 aliphatic carbocycles. The van der Waals surface area contributed by atoms with E-state index < -0.39 is 0 Å². The Morgan fingerprint density at radius 2 is 1.84 bits per heavy atom. The summed E-state index contributed by atoms with van der Waals surface area (Å²) in [5.74, 6) is 1.35. The molecule has 1 aromatic carbocycles. The Labute approximate surface area is 116 Å². The summed E-state index contributed by atoms with van der Waals surface area (Å²) < 4.78 is 0. The van der Waals surface area contributed by atoms with Crippen LogP contribution in [0.15, 0.2) is 36.7 Å². The Hall–Kier alpha value is -1.41. The van der Waals surface area contributed by atoms with Crippen molar-refractivity contribution in [3.8, 4) is 0 Å². The quantitative estimate of drug-likeness (QED) is 0.853. The van der Waals surface area contributed by atoms with E-state index in [4.69, 9.17) is 0 Å². The van der Waals surface area contributed by atoms with E-state index in [9.17, 15) is 0 Å². The highest BCUT2D eigenvalue weighted by molar-refractivity contribution is 5.84. The summed E-state index contributed by atoms with van der Waals surface area (Å²) >= 11 is 0. The van der Waals surface area contributed by atoms with Gasteiger partial charge in [-0.2, -0.15) is 0 Å². The molecule has 0 bridgehead atoms. The summed E-state index contributed by atoms with van der Waals surface area (Å²) in [4.78, 5) is 4.35. The molecule has 2 nitrogen and oxygen atoms in total. The fourth-order valence-electron chi connectivity index (χ4n) is 2.41. The van der Waals surface area contributed by atoms with Crippen LogP contribution in [0.1, 0.15) is 26.3 Å². The minimum atomic E-state index is 0.631. The molecule has 19 heavy (non-hydrogen) atoms. The molecule has 0 aliphatic heterocycles. The third-order valence-electron chi connectivity index (χ3n) is 3.36. The van der Waals surface area contributed by atoms with Crippen molar-refractivity contribution in [1.82, 2.24) is 10.3 Å². The van der Waals surface area contributed by atoms with Crippen LogP contribution in [0.25, 0.3) is 10.8 Å². The summed E-state index contributed by atoms with van der Waals surface area (Å²) in [6.45, 7) is 8.95. The van der Waals surface area contributed by atoms with Crippen LogP contribution in [0.5, 0.6) is 0 Å². The minimum absolute atomic E-state index is 0.631. The van der Waals surface area contributed by atoms with Gasteiger partial charge in [-0.1, -0.05) is 45.0 Å². The Kier molecular flexibility index (Phi) is 4.92. The van der Waals surface area contributed by atoms with Crippen LogP contribution >= 0.6 is 0 Å². The van der Waals surface area contributed by atoms with Crippen LogP contribution in [-0.2, 0) is 6.42 Å². The summed E-state index contributed by atoms with van der Waals surface area (Å²) in [5.41, 5.74) is 1.36. The van der Waals surface area contributed by atoms with Crippen LogP contribution in [0.4, 0.5) is 0 Å². The van der Waals surface area contributed by atoms with Crippen molar-refractivity contribution in [1.29, 1.82) is 0 Å². The number of benzene rings is 1. The van der Waals surface area contributed by atoms with Gasteiger partial charge in [-0.05, 0) is 42.3 Å². The van der Waals surface area contributed by atoms with E-state index in [0.717, 1.165) is 19.5 Å². The zero-order valence-corrected chi connectivity index (χ0v) is 12.2. The Morgan fingerprint density at radius 3 is 2.63 bits per heavy atom. The lowest BCUT2D eigenvalue weighted by molar-refractivity contribution is 0.474. The maximum atomic E-state index is 4.35. The number of nitrogens with one attached hydrogen (secondary N) is 1. The summed E-state index contributed by atoms with van der Waals surface area (Å²) in [6, 6.07) is 8.50. The fraction of sp³-hybridized carbons (Fsp3) is 0.471. The molecule has 1 N–H and O–H groups in total. The molecule has 0 fully saturated rings. The third kappa shape index (κ3) is 4.03. The SMILES string of the molecule is CC(C)CNCC(C)Cc1cncc2ccccc12. The average Bonchev–Trinajstić information content (AvgIpc) is 2.39. The highest BCUT2D eigenvalue weighted by atomic mass is 14.9. The molecule has 0 saturated heterocycles. The second-order valence-corrected chi connectivity index (χ2v) is 5.88.